The molecule has 0 aromatic carbocycles. The third-order valence-electron chi connectivity index (χ3n) is 6.74. The van der Waals surface area contributed by atoms with Crippen LogP contribution in [0.4, 0.5) is 0 Å². The van der Waals surface area contributed by atoms with Gasteiger partial charge in [-0.25, -0.2) is 0 Å². The van der Waals surface area contributed by atoms with Crippen LogP contribution >= 0.6 is 7.82 Å². The molecule has 0 aliphatic carbocycles. The Balaban J connectivity index is 0. The van der Waals surface area contributed by atoms with Gasteiger partial charge in [0.1, 0.15) is 0 Å². The molecule has 8 heteroatoms. The molecule has 0 heterocycles. The van der Waals surface area contributed by atoms with E-state index in [2.05, 4.69) is 35.1 Å². The molecule has 0 spiro atoms. The Hall–Kier alpha value is -0.460. The summed E-state index contributed by atoms with van der Waals surface area (Å²) in [4.78, 5) is 23.9. The van der Waals surface area contributed by atoms with Crippen LogP contribution in [0.1, 0.15) is 150 Å². The zero-order chi connectivity index (χ0) is 28.7. The lowest BCUT2D eigenvalue weighted by Crippen LogP contribution is -3.12. The van der Waals surface area contributed by atoms with Crippen molar-refractivity contribution in [3.63, 3.8) is 0 Å². The monoisotopic (exact) mass is 564 g/mol. The summed E-state index contributed by atoms with van der Waals surface area (Å²) in [5, 5.41) is 3.10. The summed E-state index contributed by atoms with van der Waals surface area (Å²) < 4.78 is 18.9. The Morgan fingerprint density at radius 2 is 1.08 bits per heavy atom. The molecule has 0 aliphatic rings. The molecule has 1 amide bonds. The Bertz CT molecular complexity index is 527. The van der Waals surface area contributed by atoms with E-state index in [-0.39, 0.29) is 19.1 Å². The summed E-state index contributed by atoms with van der Waals surface area (Å²) in [6, 6.07) is 0. The van der Waals surface area contributed by atoms with Gasteiger partial charge in [-0.1, -0.05) is 110 Å². The van der Waals surface area contributed by atoms with Gasteiger partial charge in [0.15, 0.2) is 0 Å². The smallest absolute Gasteiger partial charge is 0.267 e. The van der Waals surface area contributed by atoms with E-state index in [1.54, 1.807) is 18.7 Å². The second kappa shape index (κ2) is 31.1. The number of amides is 1. The third-order valence-corrected chi connectivity index (χ3v) is 7.88. The van der Waals surface area contributed by atoms with Crippen LogP contribution in [-0.4, -0.2) is 45.3 Å². The van der Waals surface area contributed by atoms with Crippen LogP contribution in [0.3, 0.4) is 0 Å². The number of phosphoric ester groups is 1. The van der Waals surface area contributed by atoms with E-state index >= 15 is 0 Å². The van der Waals surface area contributed by atoms with Crippen LogP contribution in [0.25, 0.3) is 0 Å². The van der Waals surface area contributed by atoms with E-state index in [1.165, 1.54) is 109 Å². The van der Waals surface area contributed by atoms with Gasteiger partial charge in [-0.3, -0.25) is 9.36 Å². The molecular weight excluding hydrogens is 499 g/mol. The number of hydrogen-bond acceptors (Lipinski definition) is 5. The summed E-state index contributed by atoms with van der Waals surface area (Å²) in [5.74, 6) is 0.252. The number of phosphoric acid groups is 1. The Kier molecular flexibility index (Phi) is 32.4. The van der Waals surface area contributed by atoms with Crippen molar-refractivity contribution in [1.29, 1.82) is 0 Å². The summed E-state index contributed by atoms with van der Waals surface area (Å²) >= 11 is 0. The highest BCUT2D eigenvalue weighted by Crippen LogP contribution is 2.37. The maximum absolute atomic E-state index is 11.9. The van der Waals surface area contributed by atoms with Crippen LogP contribution in [0, 0.1) is 0 Å². The van der Waals surface area contributed by atoms with Gasteiger partial charge in [-0.2, -0.15) is 0 Å². The molecule has 0 bridgehead atoms. The van der Waals surface area contributed by atoms with E-state index in [1.807, 2.05) is 0 Å². The summed E-state index contributed by atoms with van der Waals surface area (Å²) in [6.45, 7) is 14.4. The number of hydrogen-bond donors (Lipinski definition) is 2. The first-order chi connectivity index (χ1) is 18.4. The van der Waals surface area contributed by atoms with Crippen LogP contribution < -0.4 is 15.1 Å². The Morgan fingerprint density at radius 1 is 0.658 bits per heavy atom. The second-order valence-electron chi connectivity index (χ2n) is 10.3. The highest BCUT2D eigenvalue weighted by molar-refractivity contribution is 7.45. The molecule has 0 aliphatic heterocycles. The zero-order valence-corrected chi connectivity index (χ0v) is 26.9. The van der Waals surface area contributed by atoms with E-state index in [4.69, 9.17) is 0 Å². The molecule has 0 aromatic heterocycles. The van der Waals surface area contributed by atoms with Crippen molar-refractivity contribution in [3.8, 4) is 0 Å². The number of rotatable bonds is 27. The van der Waals surface area contributed by atoms with Crippen molar-refractivity contribution in [1.82, 2.24) is 5.32 Å². The molecule has 38 heavy (non-hydrogen) atoms. The van der Waals surface area contributed by atoms with Gasteiger partial charge >= 0.3 is 0 Å². The molecule has 0 saturated carbocycles. The molecule has 0 fully saturated rings. The minimum absolute atomic E-state index is 0.126. The van der Waals surface area contributed by atoms with Crippen LogP contribution in [-0.2, 0) is 18.4 Å². The average molecular weight is 565 g/mol. The van der Waals surface area contributed by atoms with Gasteiger partial charge in [-0.05, 0) is 33.6 Å². The number of unbranched alkanes of at least 4 members (excludes halogenated alkanes) is 15. The first-order valence-electron chi connectivity index (χ1n) is 16.1. The molecule has 0 aromatic rings. The summed E-state index contributed by atoms with van der Waals surface area (Å²) in [7, 11) is -3.94. The molecule has 1 atom stereocenters. The highest BCUT2D eigenvalue weighted by Gasteiger charge is 2.06. The minimum atomic E-state index is -3.94. The van der Waals surface area contributed by atoms with Crippen LogP contribution in [0.15, 0.2) is 0 Å². The molecule has 0 radical (unpaired) electrons. The van der Waals surface area contributed by atoms with Crippen LogP contribution in [0.5, 0.6) is 0 Å². The summed E-state index contributed by atoms with van der Waals surface area (Å²) in [6.07, 6.45) is 24.0. The Morgan fingerprint density at radius 3 is 1.45 bits per heavy atom. The SMILES string of the molecule is CCCCCCCCCCCCCCCCCCC(=O)NCC[NH+](CC)CCC.CCOP(=O)([O-])OCC. The second-order valence-corrected chi connectivity index (χ2v) is 11.7. The molecule has 0 rings (SSSR count). The van der Waals surface area contributed by atoms with Gasteiger partial charge < -0.3 is 24.2 Å². The number of carbonyl (C=O) groups is 1. The predicted octanol–water partition coefficient (Wildman–Crippen LogP) is 6.60. The lowest BCUT2D eigenvalue weighted by atomic mass is 10.0. The maximum atomic E-state index is 11.9. The molecule has 1 unspecified atom stereocenters. The van der Waals surface area contributed by atoms with Crippen molar-refractivity contribution in [2.45, 2.75) is 150 Å². The van der Waals surface area contributed by atoms with E-state index < -0.39 is 7.82 Å². The summed E-state index contributed by atoms with van der Waals surface area (Å²) in [5.41, 5.74) is 0. The normalized spacial score (nSPS) is 12.2. The van der Waals surface area contributed by atoms with Crippen molar-refractivity contribution in [2.24, 2.45) is 0 Å². The van der Waals surface area contributed by atoms with Crippen molar-refractivity contribution in [2.75, 3.05) is 39.4 Å². The van der Waals surface area contributed by atoms with Crippen molar-refractivity contribution in [3.05, 3.63) is 0 Å². The molecule has 2 N–H and O–H groups in total. The molecular formula is C30H65N2O5P. The molecule has 230 valence electrons. The van der Waals surface area contributed by atoms with Crippen molar-refractivity contribution < 1.29 is 28.2 Å². The quantitative estimate of drug-likeness (QED) is 0.0867. The fraction of sp³-hybridized carbons (Fsp3) is 0.967. The topological polar surface area (TPSA) is 92.1 Å². The number of likely N-dealkylation sites (N-methyl/N-ethyl adjacent to an activating group) is 1. The molecule has 0 saturated heterocycles. The van der Waals surface area contributed by atoms with Crippen LogP contribution in [0.2, 0.25) is 0 Å². The Labute approximate surface area is 236 Å². The van der Waals surface area contributed by atoms with Gasteiger partial charge in [0, 0.05) is 6.42 Å². The van der Waals surface area contributed by atoms with E-state index in [9.17, 15) is 14.3 Å². The number of quaternary nitrogens is 1. The molecule has 7 nitrogen and oxygen atoms in total. The number of nitrogens with one attached hydrogen (secondary N) is 2. The van der Waals surface area contributed by atoms with Gasteiger partial charge in [0.25, 0.3) is 7.82 Å². The third kappa shape index (κ3) is 31.8. The fourth-order valence-corrected chi connectivity index (χ4v) is 5.19. The fourth-order valence-electron chi connectivity index (χ4n) is 4.49. The predicted molar refractivity (Wildman–Crippen MR) is 160 cm³/mol. The highest BCUT2D eigenvalue weighted by atomic mass is 31.2. The number of carbonyl (C=O) groups excluding carboxylic acids is 1. The standard InChI is InChI=1S/C26H54N2O.C4H11O4P/c1-4-7-8-9-10-11-12-13-14-15-16-17-18-19-20-21-22-26(29)27-23-25-28(6-3)24-5-2;1-3-7-9(5,6)8-4-2/h4-25H2,1-3H3,(H,27,29);3-4H2,1-2H3,(H,5,6). The van der Waals surface area contributed by atoms with Gasteiger partial charge in [0.05, 0.1) is 39.4 Å². The van der Waals surface area contributed by atoms with Crippen molar-refractivity contribution >= 4 is 13.7 Å². The van der Waals surface area contributed by atoms with Gasteiger partial charge in [0.2, 0.25) is 5.91 Å². The van der Waals surface area contributed by atoms with Gasteiger partial charge in [-0.15, -0.1) is 0 Å². The zero-order valence-electron chi connectivity index (χ0n) is 26.0. The largest absolute Gasteiger partial charge is 0.756 e. The van der Waals surface area contributed by atoms with E-state index in [0.717, 1.165) is 26.1 Å². The maximum Gasteiger partial charge on any atom is 0.267 e. The van der Waals surface area contributed by atoms with E-state index in [0.29, 0.717) is 6.42 Å². The lowest BCUT2D eigenvalue weighted by molar-refractivity contribution is -0.897. The average Bonchev–Trinajstić information content (AvgIpc) is 2.88. The minimum Gasteiger partial charge on any atom is -0.756 e. The first kappa shape index (κ1) is 39.7. The first-order valence-corrected chi connectivity index (χ1v) is 17.5. The lowest BCUT2D eigenvalue weighted by Gasteiger charge is -2.20.